The summed E-state index contributed by atoms with van der Waals surface area (Å²) in [6.45, 7) is 0. The van der Waals surface area contributed by atoms with Crippen molar-refractivity contribution in [2.24, 2.45) is 5.10 Å². The molecule has 0 aliphatic rings. The molecule has 0 saturated carbocycles. The number of nitrogens with one attached hydrogen (secondary N) is 1. The number of aromatic carboxylic acids is 1. The Morgan fingerprint density at radius 1 is 1.26 bits per heavy atom. The number of nitrogens with zero attached hydrogens (tertiary/aromatic N) is 4. The first-order valence-corrected chi connectivity index (χ1v) is 7.02. The lowest BCUT2D eigenvalue weighted by atomic mass is 10.1. The maximum absolute atomic E-state index is 11.2. The number of hydrogen-bond acceptors (Lipinski definition) is 5. The number of H-pyrrole nitrogens is 1. The van der Waals surface area contributed by atoms with E-state index in [9.17, 15) is 9.90 Å². The molecule has 8 heteroatoms. The van der Waals surface area contributed by atoms with Crippen LogP contribution in [0.4, 0.5) is 0 Å². The average Bonchev–Trinajstić information content (AvgIpc) is 2.94. The van der Waals surface area contributed by atoms with Gasteiger partial charge >= 0.3 is 5.97 Å². The molecule has 2 N–H and O–H groups in total. The second-order valence-electron chi connectivity index (χ2n) is 4.54. The normalized spacial score (nSPS) is 11.0. The van der Waals surface area contributed by atoms with E-state index in [4.69, 9.17) is 12.2 Å². The maximum Gasteiger partial charge on any atom is 0.336 e. The molecule has 0 aliphatic heterocycles. The fourth-order valence-electron chi connectivity index (χ4n) is 2.01. The topological polar surface area (TPSA) is 96.2 Å². The van der Waals surface area contributed by atoms with Crippen molar-refractivity contribution in [1.29, 1.82) is 0 Å². The van der Waals surface area contributed by atoms with Crippen LogP contribution in [0, 0.1) is 4.77 Å². The van der Waals surface area contributed by atoms with Crippen LogP contribution >= 0.6 is 12.2 Å². The molecule has 3 aromatic rings. The first kappa shape index (κ1) is 14.8. The van der Waals surface area contributed by atoms with Gasteiger partial charge in [-0.05, 0) is 30.4 Å². The van der Waals surface area contributed by atoms with Crippen LogP contribution in [-0.2, 0) is 0 Å². The molecule has 0 amide bonds. The fourth-order valence-corrected chi connectivity index (χ4v) is 2.19. The Morgan fingerprint density at radius 3 is 2.74 bits per heavy atom. The Kier molecular flexibility index (Phi) is 4.07. The lowest BCUT2D eigenvalue weighted by molar-refractivity contribution is 0.0697. The van der Waals surface area contributed by atoms with Gasteiger partial charge in [-0.1, -0.05) is 18.2 Å². The second-order valence-corrected chi connectivity index (χ2v) is 4.92. The lowest BCUT2D eigenvalue weighted by Crippen LogP contribution is -2.02. The van der Waals surface area contributed by atoms with Crippen molar-refractivity contribution >= 4 is 24.4 Å². The molecule has 114 valence electrons. The Bertz CT molecular complexity index is 930. The van der Waals surface area contributed by atoms with Crippen LogP contribution in [0.3, 0.4) is 0 Å². The van der Waals surface area contributed by atoms with Crippen LogP contribution < -0.4 is 0 Å². The van der Waals surface area contributed by atoms with Gasteiger partial charge < -0.3 is 5.11 Å². The summed E-state index contributed by atoms with van der Waals surface area (Å²) < 4.78 is 1.74. The third kappa shape index (κ3) is 3.06. The highest BCUT2D eigenvalue weighted by molar-refractivity contribution is 7.71. The van der Waals surface area contributed by atoms with Crippen LogP contribution in [0.1, 0.15) is 15.9 Å². The first-order chi connectivity index (χ1) is 11.2. The number of carbonyl (C=O) groups is 1. The molecular weight excluding hydrogens is 314 g/mol. The predicted molar refractivity (Wildman–Crippen MR) is 87.0 cm³/mol. The average molecular weight is 325 g/mol. The van der Waals surface area contributed by atoms with E-state index in [0.717, 1.165) is 5.56 Å². The van der Waals surface area contributed by atoms with Crippen molar-refractivity contribution in [2.75, 3.05) is 0 Å². The molecule has 2 heterocycles. The zero-order valence-electron chi connectivity index (χ0n) is 11.7. The van der Waals surface area contributed by atoms with E-state index in [1.165, 1.54) is 17.0 Å². The van der Waals surface area contributed by atoms with Crippen molar-refractivity contribution in [3.8, 4) is 11.4 Å². The van der Waals surface area contributed by atoms with Gasteiger partial charge in [0.15, 0.2) is 5.82 Å². The number of rotatable bonds is 4. The molecule has 23 heavy (non-hydrogen) atoms. The van der Waals surface area contributed by atoms with E-state index >= 15 is 0 Å². The molecule has 3 rings (SSSR count). The number of pyridine rings is 1. The molecule has 2 aromatic heterocycles. The summed E-state index contributed by atoms with van der Waals surface area (Å²) in [5.74, 6) is -0.501. The largest absolute Gasteiger partial charge is 0.478 e. The zero-order chi connectivity index (χ0) is 16.2. The second kappa shape index (κ2) is 6.32. The standard InChI is InChI=1S/C15H11N5O2S/c21-14(22)12-4-2-1-3-11(12)9-17-20-13(18-19-15(20)23)10-5-7-16-8-6-10/h1-9H,(H,19,23)(H,21,22). The summed E-state index contributed by atoms with van der Waals surface area (Å²) in [6, 6.07) is 10.1. The number of aromatic nitrogens is 4. The van der Waals surface area contributed by atoms with Crippen molar-refractivity contribution < 1.29 is 9.90 Å². The van der Waals surface area contributed by atoms with E-state index in [1.807, 2.05) is 0 Å². The maximum atomic E-state index is 11.2. The van der Waals surface area contributed by atoms with E-state index in [1.54, 1.807) is 42.7 Å². The van der Waals surface area contributed by atoms with Gasteiger partial charge in [-0.2, -0.15) is 14.9 Å². The van der Waals surface area contributed by atoms with Gasteiger partial charge in [-0.25, -0.2) is 9.89 Å². The highest BCUT2D eigenvalue weighted by Crippen LogP contribution is 2.16. The molecule has 0 unspecified atom stereocenters. The van der Waals surface area contributed by atoms with E-state index in [2.05, 4.69) is 20.3 Å². The zero-order valence-corrected chi connectivity index (χ0v) is 12.6. The predicted octanol–water partition coefficient (Wildman–Crippen LogP) is 2.58. The van der Waals surface area contributed by atoms with Gasteiger partial charge in [0, 0.05) is 23.5 Å². The number of hydrogen-bond donors (Lipinski definition) is 2. The highest BCUT2D eigenvalue weighted by atomic mass is 32.1. The molecule has 0 radical (unpaired) electrons. The quantitative estimate of drug-likeness (QED) is 0.568. The van der Waals surface area contributed by atoms with Crippen LogP contribution in [-0.4, -0.2) is 37.1 Å². The van der Waals surface area contributed by atoms with Crippen LogP contribution in [0.5, 0.6) is 0 Å². The van der Waals surface area contributed by atoms with E-state index < -0.39 is 5.97 Å². The van der Waals surface area contributed by atoms with Gasteiger partial charge in [0.1, 0.15) is 0 Å². The minimum absolute atomic E-state index is 0.164. The number of benzene rings is 1. The Morgan fingerprint density at radius 2 is 2.00 bits per heavy atom. The molecule has 0 fully saturated rings. The molecular formula is C15H11N5O2S. The monoisotopic (exact) mass is 325 g/mol. The summed E-state index contributed by atoms with van der Waals surface area (Å²) in [6.07, 6.45) is 4.72. The van der Waals surface area contributed by atoms with Gasteiger partial charge in [0.25, 0.3) is 0 Å². The third-order valence-electron chi connectivity index (χ3n) is 3.09. The van der Waals surface area contributed by atoms with Gasteiger partial charge in [-0.15, -0.1) is 0 Å². The number of carboxylic acid groups (broad SMARTS) is 1. The van der Waals surface area contributed by atoms with Crippen LogP contribution in [0.15, 0.2) is 53.9 Å². The van der Waals surface area contributed by atoms with E-state index in [0.29, 0.717) is 16.2 Å². The van der Waals surface area contributed by atoms with Gasteiger partial charge in [0.2, 0.25) is 4.77 Å². The molecule has 7 nitrogen and oxygen atoms in total. The fraction of sp³-hybridized carbons (Fsp3) is 0. The highest BCUT2D eigenvalue weighted by Gasteiger charge is 2.09. The van der Waals surface area contributed by atoms with Crippen molar-refractivity contribution in [1.82, 2.24) is 19.9 Å². The summed E-state index contributed by atoms with van der Waals surface area (Å²) in [5, 5.41) is 20.3. The molecule has 1 aromatic carbocycles. The molecule has 0 saturated heterocycles. The molecule has 0 aliphatic carbocycles. The summed E-state index contributed by atoms with van der Waals surface area (Å²) >= 11 is 5.17. The smallest absolute Gasteiger partial charge is 0.336 e. The minimum atomic E-state index is -1.02. The number of aromatic amines is 1. The Hall–Kier alpha value is -3.13. The number of carboxylic acids is 1. The summed E-state index contributed by atoms with van der Waals surface area (Å²) in [5.41, 5.74) is 1.43. The van der Waals surface area contributed by atoms with Gasteiger partial charge in [-0.3, -0.25) is 4.98 Å². The lowest BCUT2D eigenvalue weighted by Gasteiger charge is -2.02. The molecule has 0 bridgehead atoms. The summed E-state index contributed by atoms with van der Waals surface area (Å²) in [4.78, 5) is 15.2. The Labute approximate surface area is 136 Å². The SMILES string of the molecule is O=C(O)c1ccccc1C=Nn1c(-c2ccncc2)n[nH]c1=S. The van der Waals surface area contributed by atoms with Crippen molar-refractivity contribution in [3.05, 3.63) is 64.7 Å². The van der Waals surface area contributed by atoms with Crippen LogP contribution in [0.25, 0.3) is 11.4 Å². The van der Waals surface area contributed by atoms with Crippen LogP contribution in [0.2, 0.25) is 0 Å². The third-order valence-corrected chi connectivity index (χ3v) is 3.36. The van der Waals surface area contributed by atoms with Crippen molar-refractivity contribution in [2.45, 2.75) is 0 Å². The molecule has 0 spiro atoms. The first-order valence-electron chi connectivity index (χ1n) is 6.61. The minimum Gasteiger partial charge on any atom is -0.478 e. The van der Waals surface area contributed by atoms with E-state index in [-0.39, 0.29) is 5.56 Å². The molecule has 0 atom stereocenters. The Balaban J connectivity index is 2.04. The van der Waals surface area contributed by atoms with Gasteiger partial charge in [0.05, 0.1) is 11.8 Å². The van der Waals surface area contributed by atoms with Crippen molar-refractivity contribution in [3.63, 3.8) is 0 Å². The summed E-state index contributed by atoms with van der Waals surface area (Å²) in [7, 11) is 0.